The van der Waals surface area contributed by atoms with E-state index in [0.717, 1.165) is 33.8 Å². The second kappa shape index (κ2) is 5.10. The fourth-order valence-corrected chi connectivity index (χ4v) is 3.90. The molecule has 4 rings (SSSR count). The summed E-state index contributed by atoms with van der Waals surface area (Å²) in [6.45, 7) is 4.13. The van der Waals surface area contributed by atoms with Crippen molar-refractivity contribution in [1.82, 2.24) is 0 Å². The summed E-state index contributed by atoms with van der Waals surface area (Å²) < 4.78 is 10.8. The predicted octanol–water partition coefficient (Wildman–Crippen LogP) is 4.35. The first kappa shape index (κ1) is 14.3. The first-order valence-corrected chi connectivity index (χ1v) is 8.41. The highest BCUT2D eigenvalue weighted by molar-refractivity contribution is 7.08. The standard InChI is InChI=1S/C19H16O3S/c1-12-15(13-3-4-16-17(9-13)22-11-21-16)5-7-19(2,18(12)20)14-6-8-23-10-14/h3-10H,11H2,1-2H3. The van der Waals surface area contributed by atoms with E-state index in [9.17, 15) is 4.79 Å². The van der Waals surface area contributed by atoms with Crippen molar-refractivity contribution in [3.05, 3.63) is 63.9 Å². The van der Waals surface area contributed by atoms with E-state index in [1.165, 1.54) is 0 Å². The Morgan fingerprint density at radius 3 is 2.78 bits per heavy atom. The van der Waals surface area contributed by atoms with Gasteiger partial charge in [0.2, 0.25) is 6.79 Å². The molecule has 4 heteroatoms. The van der Waals surface area contributed by atoms with Crippen LogP contribution in [-0.4, -0.2) is 12.6 Å². The van der Waals surface area contributed by atoms with Crippen LogP contribution in [0.1, 0.15) is 25.0 Å². The Kier molecular flexibility index (Phi) is 3.16. The molecule has 3 nitrogen and oxygen atoms in total. The minimum Gasteiger partial charge on any atom is -0.454 e. The maximum absolute atomic E-state index is 13.0. The van der Waals surface area contributed by atoms with Crippen LogP contribution in [0.5, 0.6) is 11.5 Å². The highest BCUT2D eigenvalue weighted by atomic mass is 32.1. The van der Waals surface area contributed by atoms with Crippen molar-refractivity contribution >= 4 is 22.7 Å². The lowest BCUT2D eigenvalue weighted by atomic mass is 9.72. The third-order valence-corrected chi connectivity index (χ3v) is 5.29. The number of hydrogen-bond acceptors (Lipinski definition) is 4. The molecular weight excluding hydrogens is 308 g/mol. The first-order valence-electron chi connectivity index (χ1n) is 7.47. The molecule has 2 aromatic rings. The molecule has 1 aliphatic heterocycles. The molecule has 0 fully saturated rings. The van der Waals surface area contributed by atoms with Gasteiger partial charge < -0.3 is 9.47 Å². The predicted molar refractivity (Wildman–Crippen MR) is 91.0 cm³/mol. The monoisotopic (exact) mass is 324 g/mol. The summed E-state index contributed by atoms with van der Waals surface area (Å²) in [6, 6.07) is 7.82. The molecule has 0 amide bonds. The van der Waals surface area contributed by atoms with E-state index >= 15 is 0 Å². The fraction of sp³-hybridized carbons (Fsp3) is 0.211. The summed E-state index contributed by atoms with van der Waals surface area (Å²) in [5.41, 5.74) is 3.17. The maximum atomic E-state index is 13.0. The molecule has 1 aliphatic carbocycles. The molecule has 0 N–H and O–H groups in total. The molecule has 2 heterocycles. The largest absolute Gasteiger partial charge is 0.454 e. The molecule has 0 radical (unpaired) electrons. The molecule has 23 heavy (non-hydrogen) atoms. The molecule has 116 valence electrons. The van der Waals surface area contributed by atoms with Crippen LogP contribution in [0.2, 0.25) is 0 Å². The second-order valence-corrected chi connectivity index (χ2v) is 6.76. The Morgan fingerprint density at radius 2 is 2.00 bits per heavy atom. The minimum absolute atomic E-state index is 0.145. The molecule has 1 aromatic heterocycles. The van der Waals surface area contributed by atoms with Gasteiger partial charge in [-0.25, -0.2) is 0 Å². The number of rotatable bonds is 2. The van der Waals surface area contributed by atoms with Crippen LogP contribution in [0.25, 0.3) is 5.57 Å². The van der Waals surface area contributed by atoms with Gasteiger partial charge >= 0.3 is 0 Å². The van der Waals surface area contributed by atoms with Crippen LogP contribution in [0.3, 0.4) is 0 Å². The molecule has 0 bridgehead atoms. The number of Topliss-reactive ketones (excluding diaryl/α,β-unsaturated/α-hetero) is 1. The van der Waals surface area contributed by atoms with Gasteiger partial charge in [0.15, 0.2) is 17.3 Å². The highest BCUT2D eigenvalue weighted by Crippen LogP contribution is 2.40. The number of hydrogen-bond donors (Lipinski definition) is 0. The molecule has 1 aromatic carbocycles. The van der Waals surface area contributed by atoms with E-state index in [0.29, 0.717) is 0 Å². The van der Waals surface area contributed by atoms with Gasteiger partial charge in [0.1, 0.15) is 0 Å². The van der Waals surface area contributed by atoms with E-state index in [1.807, 2.05) is 61.0 Å². The minimum atomic E-state index is -0.579. The Bertz CT molecular complexity index is 846. The van der Waals surface area contributed by atoms with Crippen molar-refractivity contribution in [2.75, 3.05) is 6.79 Å². The second-order valence-electron chi connectivity index (χ2n) is 5.98. The normalized spacial score (nSPS) is 22.8. The summed E-state index contributed by atoms with van der Waals surface area (Å²) >= 11 is 1.61. The molecule has 2 aliphatic rings. The number of allylic oxidation sites excluding steroid dienone is 4. The summed E-state index contributed by atoms with van der Waals surface area (Å²) in [4.78, 5) is 13.0. The smallest absolute Gasteiger partial charge is 0.231 e. The van der Waals surface area contributed by atoms with E-state index in [4.69, 9.17) is 9.47 Å². The number of ether oxygens (including phenoxy) is 2. The van der Waals surface area contributed by atoms with Crippen molar-refractivity contribution in [3.8, 4) is 11.5 Å². The quantitative estimate of drug-likeness (QED) is 0.824. The average molecular weight is 324 g/mol. The van der Waals surface area contributed by atoms with Crippen molar-refractivity contribution in [2.24, 2.45) is 0 Å². The molecule has 0 saturated heterocycles. The van der Waals surface area contributed by atoms with Gasteiger partial charge in [-0.05, 0) is 59.5 Å². The van der Waals surface area contributed by atoms with Gasteiger partial charge in [-0.3, -0.25) is 4.79 Å². The third-order valence-electron chi connectivity index (χ3n) is 4.60. The first-order chi connectivity index (χ1) is 11.1. The van der Waals surface area contributed by atoms with Gasteiger partial charge in [-0.1, -0.05) is 18.2 Å². The lowest BCUT2D eigenvalue weighted by Crippen LogP contribution is -2.33. The SMILES string of the molecule is CC1=C(c2ccc3c(c2)OCO3)C=CC(C)(c2ccsc2)C1=O. The Labute approximate surface area is 138 Å². The van der Waals surface area contributed by atoms with Crippen molar-refractivity contribution < 1.29 is 14.3 Å². The zero-order chi connectivity index (χ0) is 16.0. The van der Waals surface area contributed by atoms with Crippen LogP contribution < -0.4 is 9.47 Å². The number of carbonyl (C=O) groups is 1. The Morgan fingerprint density at radius 1 is 1.17 bits per heavy atom. The van der Waals surface area contributed by atoms with Crippen molar-refractivity contribution in [1.29, 1.82) is 0 Å². The van der Waals surface area contributed by atoms with Crippen LogP contribution in [0.4, 0.5) is 0 Å². The summed E-state index contributed by atoms with van der Waals surface area (Å²) in [7, 11) is 0. The molecule has 0 saturated carbocycles. The maximum Gasteiger partial charge on any atom is 0.231 e. The van der Waals surface area contributed by atoms with Gasteiger partial charge in [-0.15, -0.1) is 0 Å². The summed E-state index contributed by atoms with van der Waals surface area (Å²) in [5.74, 6) is 1.63. The van der Waals surface area contributed by atoms with E-state index in [-0.39, 0.29) is 12.6 Å². The van der Waals surface area contributed by atoms with Gasteiger partial charge in [-0.2, -0.15) is 11.3 Å². The third kappa shape index (κ3) is 2.13. The number of carbonyl (C=O) groups excluding carboxylic acids is 1. The molecule has 1 atom stereocenters. The van der Waals surface area contributed by atoms with Crippen molar-refractivity contribution in [2.45, 2.75) is 19.3 Å². The van der Waals surface area contributed by atoms with Gasteiger partial charge in [0.25, 0.3) is 0 Å². The summed E-state index contributed by atoms with van der Waals surface area (Å²) in [5, 5.41) is 4.05. The fourth-order valence-electron chi connectivity index (χ4n) is 3.13. The zero-order valence-electron chi connectivity index (χ0n) is 13.0. The lowest BCUT2D eigenvalue weighted by Gasteiger charge is -2.29. The van der Waals surface area contributed by atoms with E-state index < -0.39 is 5.41 Å². The van der Waals surface area contributed by atoms with Crippen LogP contribution in [0.15, 0.2) is 52.8 Å². The van der Waals surface area contributed by atoms with E-state index in [2.05, 4.69) is 0 Å². The highest BCUT2D eigenvalue weighted by Gasteiger charge is 2.37. The summed E-state index contributed by atoms with van der Waals surface area (Å²) in [6.07, 6.45) is 4.05. The molecule has 0 spiro atoms. The van der Waals surface area contributed by atoms with E-state index in [1.54, 1.807) is 11.3 Å². The van der Waals surface area contributed by atoms with Crippen LogP contribution in [-0.2, 0) is 10.2 Å². The van der Waals surface area contributed by atoms with Crippen LogP contribution in [0, 0.1) is 0 Å². The zero-order valence-corrected chi connectivity index (χ0v) is 13.8. The average Bonchev–Trinajstić information content (AvgIpc) is 3.23. The number of benzene rings is 1. The Hall–Kier alpha value is -2.33. The lowest BCUT2D eigenvalue weighted by molar-refractivity contribution is -0.118. The van der Waals surface area contributed by atoms with Gasteiger partial charge in [0, 0.05) is 5.57 Å². The van der Waals surface area contributed by atoms with Crippen molar-refractivity contribution in [3.63, 3.8) is 0 Å². The van der Waals surface area contributed by atoms with Gasteiger partial charge in [0.05, 0.1) is 5.41 Å². The Balaban J connectivity index is 1.76. The van der Waals surface area contributed by atoms with Crippen LogP contribution >= 0.6 is 11.3 Å². The molecular formula is C19H16O3S. The molecule has 1 unspecified atom stereocenters. The number of ketones is 1. The number of thiophene rings is 1. The number of fused-ring (bicyclic) bond motifs is 1. The topological polar surface area (TPSA) is 35.5 Å².